The highest BCUT2D eigenvalue weighted by Gasteiger charge is 2.36. The Hall–Kier alpha value is -1.36. The first-order chi connectivity index (χ1) is 8.74. The fourth-order valence-electron chi connectivity index (χ4n) is 3.39. The highest BCUT2D eigenvalue weighted by atomic mass is 15.2. The van der Waals surface area contributed by atoms with Gasteiger partial charge in [-0.15, -0.1) is 0 Å². The maximum absolute atomic E-state index is 5.83. The van der Waals surface area contributed by atoms with Crippen LogP contribution in [0.1, 0.15) is 32.1 Å². The molecule has 18 heavy (non-hydrogen) atoms. The van der Waals surface area contributed by atoms with E-state index in [1.165, 1.54) is 32.1 Å². The molecule has 3 rings (SSSR count). The number of rotatable bonds is 2. The summed E-state index contributed by atoms with van der Waals surface area (Å²) in [6, 6.07) is 1.91. The fourth-order valence-corrected chi connectivity index (χ4v) is 3.39. The van der Waals surface area contributed by atoms with Gasteiger partial charge < -0.3 is 16.0 Å². The minimum atomic E-state index is 0.482. The molecule has 2 fully saturated rings. The molecule has 0 saturated carbocycles. The van der Waals surface area contributed by atoms with Gasteiger partial charge >= 0.3 is 0 Å². The lowest BCUT2D eigenvalue weighted by molar-refractivity contribution is 0.0608. The third kappa shape index (κ3) is 2.14. The Kier molecular flexibility index (Phi) is 3.07. The smallest absolute Gasteiger partial charge is 0.169 e. The molecule has 2 bridgehead atoms. The van der Waals surface area contributed by atoms with E-state index in [4.69, 9.17) is 5.73 Å². The molecule has 2 saturated heterocycles. The molecule has 0 spiro atoms. The molecule has 2 atom stereocenters. The Morgan fingerprint density at radius 1 is 1.22 bits per heavy atom. The van der Waals surface area contributed by atoms with Crippen LogP contribution in [-0.4, -0.2) is 40.0 Å². The van der Waals surface area contributed by atoms with Crippen LogP contribution in [-0.2, 0) is 0 Å². The summed E-state index contributed by atoms with van der Waals surface area (Å²) in [5, 5.41) is 3.47. The van der Waals surface area contributed by atoms with Crippen molar-refractivity contribution in [2.75, 3.05) is 18.1 Å². The predicted octanol–water partition coefficient (Wildman–Crippen LogP) is 1.49. The molecular formula is C13H21N5. The second kappa shape index (κ2) is 4.72. The van der Waals surface area contributed by atoms with E-state index < -0.39 is 0 Å². The van der Waals surface area contributed by atoms with E-state index in [0.29, 0.717) is 23.9 Å². The van der Waals surface area contributed by atoms with Crippen molar-refractivity contribution in [1.29, 1.82) is 0 Å². The number of anilines is 2. The number of aromatic nitrogens is 2. The standard InChI is InChI=1S/C13H21N5/c1-18-10-3-2-4-11(18)8-9(7-10)17-13-12(14)15-5-6-16-13/h5-6,9-11H,2-4,7-8H2,1H3,(H2,14,15)(H,16,17). The van der Waals surface area contributed by atoms with Crippen LogP contribution in [0.5, 0.6) is 0 Å². The normalized spacial score (nSPS) is 32.2. The molecular weight excluding hydrogens is 226 g/mol. The summed E-state index contributed by atoms with van der Waals surface area (Å²) in [5.74, 6) is 1.24. The molecule has 1 aromatic heterocycles. The molecule has 2 unspecified atom stereocenters. The van der Waals surface area contributed by atoms with Crippen molar-refractivity contribution in [3.8, 4) is 0 Å². The third-order valence-corrected chi connectivity index (χ3v) is 4.41. The van der Waals surface area contributed by atoms with E-state index in [2.05, 4.69) is 27.2 Å². The van der Waals surface area contributed by atoms with E-state index in [-0.39, 0.29) is 0 Å². The number of nitrogens with one attached hydrogen (secondary N) is 1. The van der Waals surface area contributed by atoms with E-state index in [1.807, 2.05) is 0 Å². The number of hydrogen-bond acceptors (Lipinski definition) is 5. The van der Waals surface area contributed by atoms with Crippen LogP contribution in [0.4, 0.5) is 11.6 Å². The van der Waals surface area contributed by atoms with Crippen LogP contribution in [0.15, 0.2) is 12.4 Å². The Balaban J connectivity index is 1.70. The SMILES string of the molecule is CN1C2CCCC1CC(Nc1nccnc1N)C2. The zero-order valence-electron chi connectivity index (χ0n) is 10.8. The van der Waals surface area contributed by atoms with Gasteiger partial charge in [0.05, 0.1) is 0 Å². The van der Waals surface area contributed by atoms with Gasteiger partial charge in [0.25, 0.3) is 0 Å². The van der Waals surface area contributed by atoms with Gasteiger partial charge in [-0.25, -0.2) is 9.97 Å². The second-order valence-corrected chi connectivity index (χ2v) is 5.51. The Morgan fingerprint density at radius 3 is 2.56 bits per heavy atom. The van der Waals surface area contributed by atoms with Gasteiger partial charge in [-0.3, -0.25) is 0 Å². The molecule has 0 amide bonds. The average molecular weight is 247 g/mol. The molecule has 1 aromatic rings. The first-order valence-electron chi connectivity index (χ1n) is 6.79. The van der Waals surface area contributed by atoms with Gasteiger partial charge in [-0.2, -0.15) is 0 Å². The lowest BCUT2D eigenvalue weighted by Crippen LogP contribution is -2.52. The predicted molar refractivity (Wildman–Crippen MR) is 72.3 cm³/mol. The maximum atomic E-state index is 5.83. The Morgan fingerprint density at radius 2 is 1.89 bits per heavy atom. The number of nitrogen functional groups attached to an aromatic ring is 1. The third-order valence-electron chi connectivity index (χ3n) is 4.41. The summed E-state index contributed by atoms with van der Waals surface area (Å²) in [5.41, 5.74) is 5.83. The van der Waals surface area contributed by atoms with Crippen LogP contribution in [0.25, 0.3) is 0 Å². The summed E-state index contributed by atoms with van der Waals surface area (Å²) in [4.78, 5) is 10.9. The number of hydrogen-bond donors (Lipinski definition) is 2. The topological polar surface area (TPSA) is 67.1 Å². The molecule has 5 nitrogen and oxygen atoms in total. The van der Waals surface area contributed by atoms with Crippen LogP contribution >= 0.6 is 0 Å². The van der Waals surface area contributed by atoms with E-state index in [0.717, 1.165) is 5.82 Å². The van der Waals surface area contributed by atoms with Gasteiger partial charge in [-0.05, 0) is 32.7 Å². The van der Waals surface area contributed by atoms with Gasteiger partial charge in [-0.1, -0.05) is 6.42 Å². The molecule has 2 aliphatic rings. The number of nitrogens with zero attached hydrogens (tertiary/aromatic N) is 3. The van der Waals surface area contributed by atoms with Crippen LogP contribution < -0.4 is 11.1 Å². The van der Waals surface area contributed by atoms with Crippen molar-refractivity contribution < 1.29 is 0 Å². The average Bonchev–Trinajstić information content (AvgIpc) is 2.33. The highest BCUT2D eigenvalue weighted by Crippen LogP contribution is 2.33. The van der Waals surface area contributed by atoms with Crippen molar-refractivity contribution in [3.63, 3.8) is 0 Å². The van der Waals surface area contributed by atoms with Crippen molar-refractivity contribution in [3.05, 3.63) is 12.4 Å². The van der Waals surface area contributed by atoms with Crippen LogP contribution in [0.3, 0.4) is 0 Å². The minimum Gasteiger partial charge on any atom is -0.381 e. The van der Waals surface area contributed by atoms with E-state index in [1.54, 1.807) is 12.4 Å². The molecule has 2 aliphatic heterocycles. The monoisotopic (exact) mass is 247 g/mol. The van der Waals surface area contributed by atoms with Crippen molar-refractivity contribution in [2.24, 2.45) is 0 Å². The first kappa shape index (κ1) is 11.7. The molecule has 3 N–H and O–H groups in total. The summed E-state index contributed by atoms with van der Waals surface area (Å²) in [6.07, 6.45) is 9.70. The summed E-state index contributed by atoms with van der Waals surface area (Å²) in [6.45, 7) is 0. The summed E-state index contributed by atoms with van der Waals surface area (Å²) >= 11 is 0. The molecule has 3 heterocycles. The fraction of sp³-hybridized carbons (Fsp3) is 0.692. The minimum absolute atomic E-state index is 0.482. The van der Waals surface area contributed by atoms with Gasteiger partial charge in [0.1, 0.15) is 0 Å². The number of nitrogens with two attached hydrogens (primary N) is 1. The van der Waals surface area contributed by atoms with Crippen LogP contribution in [0, 0.1) is 0 Å². The van der Waals surface area contributed by atoms with Gasteiger partial charge in [0.15, 0.2) is 11.6 Å². The lowest BCUT2D eigenvalue weighted by Gasteiger charge is -2.47. The maximum Gasteiger partial charge on any atom is 0.169 e. The zero-order valence-corrected chi connectivity index (χ0v) is 10.8. The quantitative estimate of drug-likeness (QED) is 0.828. The largest absolute Gasteiger partial charge is 0.381 e. The van der Waals surface area contributed by atoms with Crippen molar-refractivity contribution in [1.82, 2.24) is 14.9 Å². The molecule has 98 valence electrons. The zero-order chi connectivity index (χ0) is 12.5. The van der Waals surface area contributed by atoms with Crippen LogP contribution in [0.2, 0.25) is 0 Å². The lowest BCUT2D eigenvalue weighted by atomic mass is 9.82. The summed E-state index contributed by atoms with van der Waals surface area (Å²) < 4.78 is 0. The van der Waals surface area contributed by atoms with Crippen molar-refractivity contribution in [2.45, 2.75) is 50.2 Å². The number of fused-ring (bicyclic) bond motifs is 2. The Bertz CT molecular complexity index is 408. The molecule has 0 radical (unpaired) electrons. The van der Waals surface area contributed by atoms with E-state index in [9.17, 15) is 0 Å². The van der Waals surface area contributed by atoms with Gasteiger partial charge in [0.2, 0.25) is 0 Å². The molecule has 0 aliphatic carbocycles. The summed E-state index contributed by atoms with van der Waals surface area (Å²) in [7, 11) is 2.27. The van der Waals surface area contributed by atoms with E-state index >= 15 is 0 Å². The molecule has 5 heteroatoms. The van der Waals surface area contributed by atoms with Gasteiger partial charge in [0, 0.05) is 30.5 Å². The first-order valence-corrected chi connectivity index (χ1v) is 6.79. The number of piperidine rings is 2. The highest BCUT2D eigenvalue weighted by molar-refractivity contribution is 5.55. The second-order valence-electron chi connectivity index (χ2n) is 5.51. The molecule has 0 aromatic carbocycles. The van der Waals surface area contributed by atoms with Crippen molar-refractivity contribution >= 4 is 11.6 Å². The Labute approximate surface area is 108 Å².